The molecule has 14 heteroatoms. The predicted octanol–water partition coefficient (Wildman–Crippen LogP) is 3.33. The zero-order valence-corrected chi connectivity index (χ0v) is 34.0. The topological polar surface area (TPSA) is 163 Å². The normalized spacial score (nSPS) is 19.2. The summed E-state index contributed by atoms with van der Waals surface area (Å²) < 4.78 is 39.8. The number of hydrogen-bond donors (Lipinski definition) is 3. The lowest BCUT2D eigenvalue weighted by molar-refractivity contribution is -0.150. The minimum atomic E-state index is -3.97. The van der Waals surface area contributed by atoms with Crippen molar-refractivity contribution in [3.8, 4) is 0 Å². The molecule has 0 spiro atoms. The van der Waals surface area contributed by atoms with Gasteiger partial charge in [0.1, 0.15) is 6.04 Å². The van der Waals surface area contributed by atoms with Crippen molar-refractivity contribution in [1.82, 2.24) is 25.2 Å². The molecule has 0 unspecified atom stereocenters. The summed E-state index contributed by atoms with van der Waals surface area (Å²) in [5.41, 5.74) is 0.552. The molecule has 13 nitrogen and oxygen atoms in total. The average Bonchev–Trinajstić information content (AvgIpc) is 3.10. The number of sulfonamides is 1. The Morgan fingerprint density at radius 2 is 1.54 bits per heavy atom. The minimum Gasteiger partial charge on any atom is -0.379 e. The molecule has 8 atom stereocenters. The highest BCUT2D eigenvalue weighted by Crippen LogP contribution is 2.29. The maximum absolute atomic E-state index is 14.2. The third kappa shape index (κ3) is 12.2. The first kappa shape index (κ1) is 45.1. The lowest BCUT2D eigenvalue weighted by Crippen LogP contribution is -2.60. The predicted molar refractivity (Wildman–Crippen MR) is 202 cm³/mol. The molecule has 1 heterocycles. The van der Waals surface area contributed by atoms with E-state index in [1.54, 1.807) is 61.2 Å². The Kier molecular flexibility index (Phi) is 18.2. The average molecular weight is 752 g/mol. The van der Waals surface area contributed by atoms with Crippen LogP contribution in [0.15, 0.2) is 30.3 Å². The van der Waals surface area contributed by atoms with Crippen molar-refractivity contribution in [3.63, 3.8) is 0 Å². The number of ether oxygens (including phenoxy) is 2. The number of carbonyl (C=O) groups excluding carboxylic acids is 4. The van der Waals surface area contributed by atoms with Gasteiger partial charge in [-0.25, -0.2) is 8.42 Å². The Balaban J connectivity index is 2.30. The van der Waals surface area contributed by atoms with Crippen molar-refractivity contribution < 1.29 is 37.1 Å². The first-order valence-electron chi connectivity index (χ1n) is 18.6. The summed E-state index contributed by atoms with van der Waals surface area (Å²) in [4.78, 5) is 58.2. The molecular weight excluding hydrogens is 687 g/mol. The van der Waals surface area contributed by atoms with E-state index in [2.05, 4.69) is 15.4 Å². The van der Waals surface area contributed by atoms with E-state index < -0.39 is 58.2 Å². The maximum atomic E-state index is 14.2. The number of likely N-dealkylation sites (N-methyl/N-ethyl adjacent to an activating group) is 2. The standard InChI is InChI=1S/C38H65N5O8S/c1-12-26(6)34(42(9)38(47)33(25(4)5)40-37(46)32(39-8)24(2)3)30(50-10)22-31(44)43-21-17-16-20-29(43)35(51-11)27(7)36(45)41-52(48,49)23-28-18-14-13-15-19-28/h13-15,18-19,24-27,29-30,32-35,39H,12,16-17,20-23H2,1-11H3,(H,40,46)(H,41,45)/t26-,27+,29-,30+,32-,33-,34-,35+/m0/s1. The van der Waals surface area contributed by atoms with Crippen molar-refractivity contribution in [3.05, 3.63) is 35.9 Å². The number of benzene rings is 1. The monoisotopic (exact) mass is 751 g/mol. The van der Waals surface area contributed by atoms with Gasteiger partial charge in [-0.1, -0.05) is 85.2 Å². The highest BCUT2D eigenvalue weighted by molar-refractivity contribution is 7.89. The third-order valence-electron chi connectivity index (χ3n) is 10.5. The highest BCUT2D eigenvalue weighted by Gasteiger charge is 2.42. The van der Waals surface area contributed by atoms with Crippen molar-refractivity contribution in [2.24, 2.45) is 23.7 Å². The van der Waals surface area contributed by atoms with Gasteiger partial charge in [-0.3, -0.25) is 23.9 Å². The number of nitrogens with one attached hydrogen (secondary N) is 3. The summed E-state index contributed by atoms with van der Waals surface area (Å²) in [5.74, 6) is -2.89. The summed E-state index contributed by atoms with van der Waals surface area (Å²) >= 11 is 0. The largest absolute Gasteiger partial charge is 0.379 e. The van der Waals surface area contributed by atoms with E-state index in [9.17, 15) is 27.6 Å². The van der Waals surface area contributed by atoms with Gasteiger partial charge < -0.3 is 29.9 Å². The van der Waals surface area contributed by atoms with Gasteiger partial charge in [0.25, 0.3) is 0 Å². The maximum Gasteiger partial charge on any atom is 0.245 e. The Morgan fingerprint density at radius 3 is 2.06 bits per heavy atom. The fourth-order valence-electron chi connectivity index (χ4n) is 7.29. The second kappa shape index (κ2) is 21.0. The second-order valence-electron chi connectivity index (χ2n) is 14.9. The number of rotatable bonds is 20. The minimum absolute atomic E-state index is 0.0174. The van der Waals surface area contributed by atoms with E-state index in [0.717, 1.165) is 12.8 Å². The van der Waals surface area contributed by atoms with Crippen LogP contribution in [0, 0.1) is 23.7 Å². The van der Waals surface area contributed by atoms with Gasteiger partial charge in [-0.15, -0.1) is 0 Å². The van der Waals surface area contributed by atoms with E-state index in [1.807, 2.05) is 41.5 Å². The number of carbonyl (C=O) groups is 4. The lowest BCUT2D eigenvalue weighted by atomic mass is 9.87. The molecule has 1 fully saturated rings. The van der Waals surface area contributed by atoms with Gasteiger partial charge in [0.15, 0.2) is 0 Å². The van der Waals surface area contributed by atoms with Gasteiger partial charge in [-0.05, 0) is 49.6 Å². The smallest absolute Gasteiger partial charge is 0.245 e. The van der Waals surface area contributed by atoms with E-state index in [-0.39, 0.29) is 47.6 Å². The zero-order valence-electron chi connectivity index (χ0n) is 33.2. The lowest BCUT2D eigenvalue weighted by Gasteiger charge is -2.43. The summed E-state index contributed by atoms with van der Waals surface area (Å²) in [6, 6.07) is 6.38. The van der Waals surface area contributed by atoms with Crippen LogP contribution in [0.3, 0.4) is 0 Å². The number of amides is 4. The molecule has 2 rings (SSSR count). The van der Waals surface area contributed by atoms with E-state index in [4.69, 9.17) is 9.47 Å². The van der Waals surface area contributed by atoms with Crippen LogP contribution in [0.4, 0.5) is 0 Å². The van der Waals surface area contributed by atoms with Crippen molar-refractivity contribution >= 4 is 33.7 Å². The number of nitrogens with zero attached hydrogens (tertiary/aromatic N) is 2. The van der Waals surface area contributed by atoms with Crippen LogP contribution in [0.2, 0.25) is 0 Å². The first-order valence-corrected chi connectivity index (χ1v) is 20.3. The number of hydrogen-bond acceptors (Lipinski definition) is 9. The number of methoxy groups -OCH3 is 2. The molecule has 0 saturated carbocycles. The molecule has 0 aromatic heterocycles. The fraction of sp³-hybridized carbons (Fsp3) is 0.737. The van der Waals surface area contributed by atoms with Crippen LogP contribution >= 0.6 is 0 Å². The molecular formula is C38H65N5O8S. The molecule has 296 valence electrons. The summed E-state index contributed by atoms with van der Waals surface area (Å²) in [5, 5.41) is 6.00. The summed E-state index contributed by atoms with van der Waals surface area (Å²) in [6.07, 6.45) is 1.38. The molecule has 0 aliphatic carbocycles. The number of piperidine rings is 1. The molecule has 1 saturated heterocycles. The van der Waals surface area contributed by atoms with Crippen molar-refractivity contribution in [2.45, 2.75) is 123 Å². The van der Waals surface area contributed by atoms with Gasteiger partial charge in [0, 0.05) is 27.8 Å². The Bertz CT molecular complexity index is 1410. The quantitative estimate of drug-likeness (QED) is 0.182. The molecule has 0 bridgehead atoms. The molecule has 1 aromatic rings. The van der Waals surface area contributed by atoms with Gasteiger partial charge in [0.2, 0.25) is 33.7 Å². The van der Waals surface area contributed by atoms with E-state index in [1.165, 1.54) is 14.2 Å². The fourth-order valence-corrected chi connectivity index (χ4v) is 8.49. The number of likely N-dealkylation sites (tertiary alicyclic amines) is 1. The Morgan fingerprint density at radius 1 is 0.923 bits per heavy atom. The first-order chi connectivity index (χ1) is 24.4. The Hall–Kier alpha value is -3.07. The van der Waals surface area contributed by atoms with Gasteiger partial charge in [0.05, 0.1) is 48.4 Å². The van der Waals surface area contributed by atoms with Crippen LogP contribution in [-0.2, 0) is 44.4 Å². The molecule has 1 aromatic carbocycles. The molecule has 1 aliphatic heterocycles. The third-order valence-corrected chi connectivity index (χ3v) is 11.7. The van der Waals surface area contributed by atoms with Gasteiger partial charge in [-0.2, -0.15) is 0 Å². The van der Waals surface area contributed by atoms with Crippen LogP contribution in [0.1, 0.15) is 86.1 Å². The molecule has 0 radical (unpaired) electrons. The molecule has 52 heavy (non-hydrogen) atoms. The molecule has 4 amide bonds. The second-order valence-corrected chi connectivity index (χ2v) is 16.6. The highest BCUT2D eigenvalue weighted by atomic mass is 32.2. The molecule has 1 aliphatic rings. The zero-order chi connectivity index (χ0) is 39.3. The SMILES string of the molecule is CC[C@H](C)[C@@H]([C@@H](CC(=O)N1CCCC[C@H]1[C@H](OC)[C@@H](C)C(=O)NS(=O)(=O)Cc1ccccc1)OC)N(C)C(=O)[C@@H](NC(=O)[C@@H](NC)C(C)C)C(C)C. The van der Waals surface area contributed by atoms with Crippen LogP contribution < -0.4 is 15.4 Å². The van der Waals surface area contributed by atoms with Crippen LogP contribution in [-0.4, -0.2) is 113 Å². The van der Waals surface area contributed by atoms with E-state index >= 15 is 0 Å². The summed E-state index contributed by atoms with van der Waals surface area (Å²) in [6.45, 7) is 13.7. The summed E-state index contributed by atoms with van der Waals surface area (Å²) in [7, 11) is 2.44. The van der Waals surface area contributed by atoms with Crippen LogP contribution in [0.25, 0.3) is 0 Å². The van der Waals surface area contributed by atoms with E-state index in [0.29, 0.717) is 24.9 Å². The Labute approximate surface area is 312 Å². The van der Waals surface area contributed by atoms with Crippen molar-refractivity contribution in [1.29, 1.82) is 0 Å². The molecule has 3 N–H and O–H groups in total. The van der Waals surface area contributed by atoms with Crippen LogP contribution in [0.5, 0.6) is 0 Å². The van der Waals surface area contributed by atoms with Gasteiger partial charge >= 0.3 is 0 Å². The van der Waals surface area contributed by atoms with Crippen molar-refractivity contribution in [2.75, 3.05) is 34.9 Å².